The number of nitrogens with one attached hydrogen (secondary N) is 1. The molecule has 35 heavy (non-hydrogen) atoms. The SMILES string of the molecule is CC1(C)CC(=O)C2=C(C1)CC1(C)CC(C)(C)CC2(OC(=Nc2ccccc2)Nc2ccccc2)C1. The second-order valence-corrected chi connectivity index (χ2v) is 12.9. The van der Waals surface area contributed by atoms with Crippen LogP contribution in [0.5, 0.6) is 0 Å². The van der Waals surface area contributed by atoms with Crippen molar-refractivity contribution in [1.29, 1.82) is 0 Å². The van der Waals surface area contributed by atoms with Gasteiger partial charge < -0.3 is 10.1 Å². The van der Waals surface area contributed by atoms with Crippen molar-refractivity contribution in [3.63, 3.8) is 0 Å². The maximum Gasteiger partial charge on any atom is 0.295 e. The lowest BCUT2D eigenvalue weighted by Gasteiger charge is -2.58. The van der Waals surface area contributed by atoms with Gasteiger partial charge in [-0.15, -0.1) is 0 Å². The number of ketones is 1. The largest absolute Gasteiger partial charge is 0.453 e. The van der Waals surface area contributed by atoms with Crippen molar-refractivity contribution in [1.82, 2.24) is 0 Å². The van der Waals surface area contributed by atoms with Gasteiger partial charge in [0.1, 0.15) is 5.60 Å². The second-order valence-electron chi connectivity index (χ2n) is 12.9. The Balaban J connectivity index is 1.63. The lowest BCUT2D eigenvalue weighted by molar-refractivity contribution is -0.126. The smallest absolute Gasteiger partial charge is 0.295 e. The summed E-state index contributed by atoms with van der Waals surface area (Å²) in [6.45, 7) is 11.5. The van der Waals surface area contributed by atoms with Crippen LogP contribution in [0.15, 0.2) is 76.8 Å². The van der Waals surface area contributed by atoms with E-state index in [1.54, 1.807) is 0 Å². The van der Waals surface area contributed by atoms with Crippen molar-refractivity contribution in [2.24, 2.45) is 21.2 Å². The third kappa shape index (κ3) is 4.94. The minimum Gasteiger partial charge on any atom is -0.453 e. The molecule has 0 aromatic heterocycles. The number of benzene rings is 2. The van der Waals surface area contributed by atoms with Crippen molar-refractivity contribution >= 4 is 23.2 Å². The van der Waals surface area contributed by atoms with E-state index < -0.39 is 5.60 Å². The second kappa shape index (κ2) is 8.36. The molecule has 0 saturated heterocycles. The number of fused-ring (bicyclic) bond motifs is 3. The number of hydrogen-bond acceptors (Lipinski definition) is 3. The topological polar surface area (TPSA) is 50.7 Å². The van der Waals surface area contributed by atoms with Gasteiger partial charge in [0.15, 0.2) is 5.78 Å². The van der Waals surface area contributed by atoms with E-state index in [0.29, 0.717) is 12.4 Å². The molecule has 1 fully saturated rings. The van der Waals surface area contributed by atoms with Gasteiger partial charge in [0, 0.05) is 17.7 Å². The lowest BCUT2D eigenvalue weighted by atomic mass is 9.49. The fourth-order valence-corrected chi connectivity index (χ4v) is 7.45. The highest BCUT2D eigenvalue weighted by Gasteiger charge is 2.59. The molecule has 2 aromatic carbocycles. The normalized spacial score (nSPS) is 29.4. The van der Waals surface area contributed by atoms with E-state index in [1.807, 2.05) is 60.7 Å². The van der Waals surface area contributed by atoms with Crippen LogP contribution < -0.4 is 5.32 Å². The average Bonchev–Trinajstić information content (AvgIpc) is 2.71. The predicted octanol–water partition coefficient (Wildman–Crippen LogP) is 7.85. The third-order valence-corrected chi connectivity index (χ3v) is 7.74. The Morgan fingerprint density at radius 3 is 2.14 bits per heavy atom. The van der Waals surface area contributed by atoms with Crippen LogP contribution >= 0.6 is 0 Å². The summed E-state index contributed by atoms with van der Waals surface area (Å²) in [5, 5.41) is 3.43. The molecule has 5 rings (SSSR count). The molecule has 184 valence electrons. The first-order valence-electron chi connectivity index (χ1n) is 12.9. The van der Waals surface area contributed by atoms with E-state index in [2.05, 4.69) is 39.9 Å². The molecular weight excluding hydrogens is 432 g/mol. The fraction of sp³-hybridized carbons (Fsp3) is 0.484. The predicted molar refractivity (Wildman–Crippen MR) is 143 cm³/mol. The van der Waals surface area contributed by atoms with Gasteiger partial charge in [-0.3, -0.25) is 4.79 Å². The van der Waals surface area contributed by atoms with Crippen LogP contribution in [-0.4, -0.2) is 17.4 Å². The summed E-state index contributed by atoms with van der Waals surface area (Å²) in [7, 11) is 0. The van der Waals surface area contributed by atoms with Gasteiger partial charge in [0.25, 0.3) is 6.02 Å². The van der Waals surface area contributed by atoms with Crippen molar-refractivity contribution in [3.8, 4) is 0 Å². The van der Waals surface area contributed by atoms with Gasteiger partial charge in [0.2, 0.25) is 0 Å². The van der Waals surface area contributed by atoms with E-state index in [-0.39, 0.29) is 22.0 Å². The van der Waals surface area contributed by atoms with Gasteiger partial charge >= 0.3 is 0 Å². The molecule has 0 radical (unpaired) electrons. The zero-order valence-electron chi connectivity index (χ0n) is 21.8. The Bertz CT molecular complexity index is 1180. The molecule has 0 spiro atoms. The highest BCUT2D eigenvalue weighted by atomic mass is 16.5. The molecule has 0 amide bonds. The summed E-state index contributed by atoms with van der Waals surface area (Å²) in [5.41, 5.74) is 3.47. The molecule has 3 aliphatic carbocycles. The van der Waals surface area contributed by atoms with Gasteiger partial charge in [-0.1, -0.05) is 76.6 Å². The van der Waals surface area contributed by atoms with E-state index in [1.165, 1.54) is 5.57 Å². The number of Topliss-reactive ketones (excluding diaryl/α,β-unsaturated/α-hetero) is 1. The van der Waals surface area contributed by atoms with Crippen molar-refractivity contribution < 1.29 is 9.53 Å². The van der Waals surface area contributed by atoms with E-state index in [0.717, 1.165) is 49.1 Å². The number of carbonyl (C=O) groups is 1. The monoisotopic (exact) mass is 470 g/mol. The zero-order chi connectivity index (χ0) is 24.9. The van der Waals surface area contributed by atoms with E-state index in [9.17, 15) is 4.79 Å². The van der Waals surface area contributed by atoms with Crippen LogP contribution in [0.4, 0.5) is 11.4 Å². The Morgan fingerprint density at radius 1 is 0.800 bits per heavy atom. The van der Waals surface area contributed by atoms with E-state index >= 15 is 0 Å². The number of aliphatic imine (C=N–C) groups is 1. The Hall–Kier alpha value is -2.88. The highest BCUT2D eigenvalue weighted by molar-refractivity contribution is 6.01. The minimum atomic E-state index is -0.674. The third-order valence-electron chi connectivity index (χ3n) is 7.74. The van der Waals surface area contributed by atoms with Crippen LogP contribution in [0.25, 0.3) is 0 Å². The number of anilines is 1. The molecule has 0 aliphatic heterocycles. The van der Waals surface area contributed by atoms with Gasteiger partial charge in [-0.2, -0.15) is 4.99 Å². The van der Waals surface area contributed by atoms with Gasteiger partial charge in [-0.25, -0.2) is 0 Å². The van der Waals surface area contributed by atoms with Crippen LogP contribution in [0, 0.1) is 16.2 Å². The molecule has 3 aliphatic rings. The Labute approximate surface area is 209 Å². The molecule has 2 aromatic rings. The number of amidine groups is 1. The number of rotatable bonds is 3. The minimum absolute atomic E-state index is 0.00211. The van der Waals surface area contributed by atoms with Crippen molar-refractivity contribution in [3.05, 3.63) is 71.8 Å². The van der Waals surface area contributed by atoms with Gasteiger partial charge in [-0.05, 0) is 72.6 Å². The Kier molecular flexibility index (Phi) is 5.69. The summed E-state index contributed by atoms with van der Waals surface area (Å²) in [4.78, 5) is 18.7. The van der Waals surface area contributed by atoms with Crippen LogP contribution in [0.1, 0.15) is 73.1 Å². The quantitative estimate of drug-likeness (QED) is 0.367. The highest BCUT2D eigenvalue weighted by Crippen LogP contribution is 2.62. The standard InChI is InChI=1S/C31H38N2O2/c1-28(2)16-22-17-30(5)19-29(3,4)20-31(21-30,26(22)25(34)18-28)35-27(32-23-12-8-6-9-13-23)33-24-14-10-7-11-15-24/h6-15H,16-21H2,1-5H3,(H,32,33). The number of hydrogen-bond donors (Lipinski definition) is 1. The summed E-state index contributed by atoms with van der Waals surface area (Å²) >= 11 is 0. The first-order chi connectivity index (χ1) is 16.5. The van der Waals surface area contributed by atoms with Crippen LogP contribution in [0.3, 0.4) is 0 Å². The Morgan fingerprint density at radius 2 is 1.46 bits per heavy atom. The molecular formula is C31H38N2O2. The number of carbonyl (C=O) groups excluding carboxylic acids is 1. The molecule has 2 bridgehead atoms. The molecule has 1 saturated carbocycles. The molecule has 2 atom stereocenters. The van der Waals surface area contributed by atoms with E-state index in [4.69, 9.17) is 9.73 Å². The lowest BCUT2D eigenvalue weighted by Crippen LogP contribution is -2.57. The number of para-hydroxylation sites is 2. The fourth-order valence-electron chi connectivity index (χ4n) is 7.45. The molecule has 1 N–H and O–H groups in total. The number of nitrogens with zero attached hydrogens (tertiary/aromatic N) is 1. The summed E-state index contributed by atoms with van der Waals surface area (Å²) < 4.78 is 7.03. The number of allylic oxidation sites excluding steroid dienone is 1. The van der Waals surface area contributed by atoms with Gasteiger partial charge in [0.05, 0.1) is 5.69 Å². The first kappa shape index (κ1) is 23.8. The maximum atomic E-state index is 13.8. The van der Waals surface area contributed by atoms with Crippen LogP contribution in [-0.2, 0) is 9.53 Å². The molecule has 2 unspecified atom stereocenters. The van der Waals surface area contributed by atoms with Crippen molar-refractivity contribution in [2.75, 3.05) is 5.32 Å². The maximum absolute atomic E-state index is 13.8. The van der Waals surface area contributed by atoms with Crippen LogP contribution in [0.2, 0.25) is 0 Å². The zero-order valence-corrected chi connectivity index (χ0v) is 21.8. The number of ether oxygens (including phenoxy) is 1. The summed E-state index contributed by atoms with van der Waals surface area (Å²) in [6.07, 6.45) is 5.32. The molecule has 0 heterocycles. The molecule has 4 heteroatoms. The van der Waals surface area contributed by atoms with Crippen molar-refractivity contribution in [2.45, 2.75) is 78.7 Å². The summed E-state index contributed by atoms with van der Waals surface area (Å²) in [6, 6.07) is 20.3. The molecule has 4 nitrogen and oxygen atoms in total. The first-order valence-corrected chi connectivity index (χ1v) is 12.9. The summed E-state index contributed by atoms with van der Waals surface area (Å²) in [5.74, 6) is 0.259. The average molecular weight is 471 g/mol.